The number of hydrogen-bond donors (Lipinski definition) is 3. The van der Waals surface area contributed by atoms with Crippen molar-refractivity contribution < 1.29 is 14.7 Å². The zero-order valence-electron chi connectivity index (χ0n) is 19.9. The highest BCUT2D eigenvalue weighted by Crippen LogP contribution is 2.09. The highest BCUT2D eigenvalue weighted by Gasteiger charge is 2.15. The zero-order chi connectivity index (χ0) is 20.2. The van der Waals surface area contributed by atoms with Crippen molar-refractivity contribution in [2.24, 2.45) is 0 Å². The van der Waals surface area contributed by atoms with Crippen LogP contribution in [-0.2, 0) is 0 Å². The molecule has 27 heavy (non-hydrogen) atoms. The molecule has 0 bridgehead atoms. The Bertz CT molecular complexity index is 259. The summed E-state index contributed by atoms with van der Waals surface area (Å²) in [5.74, 6) is 0. The molecule has 0 radical (unpaired) electrons. The largest absolute Gasteiger partial charge is 0.331 e. The Morgan fingerprint density at radius 3 is 1.04 bits per heavy atom. The molecule has 3 N–H and O–H groups in total. The predicted octanol–water partition coefficient (Wildman–Crippen LogP) is 1.64. The molecule has 0 atom stereocenters. The monoisotopic (exact) mass is 386 g/mol. The van der Waals surface area contributed by atoms with Crippen LogP contribution in [0.15, 0.2) is 0 Å². The zero-order valence-corrected chi connectivity index (χ0v) is 19.9. The smallest absolute Gasteiger partial charge is 0.127 e. The highest BCUT2D eigenvalue weighted by molar-refractivity contribution is 4.47. The summed E-state index contributed by atoms with van der Waals surface area (Å²) in [6.07, 6.45) is 14.5. The van der Waals surface area contributed by atoms with E-state index in [1.54, 1.807) is 9.80 Å². The Hall–Kier alpha value is -0.120. The SMILES string of the molecule is CCCCCCCCCCCC[NH+](CC[NH+](CC)CC)CC[NH+](CC)CC. The van der Waals surface area contributed by atoms with E-state index in [0.717, 1.165) is 0 Å². The van der Waals surface area contributed by atoms with Crippen molar-refractivity contribution in [1.82, 2.24) is 0 Å². The Morgan fingerprint density at radius 1 is 0.333 bits per heavy atom. The molecule has 0 unspecified atom stereocenters. The molecule has 0 rings (SSSR count). The fourth-order valence-corrected chi connectivity index (χ4v) is 4.15. The van der Waals surface area contributed by atoms with Crippen LogP contribution >= 0.6 is 0 Å². The Labute approximate surface area is 172 Å². The van der Waals surface area contributed by atoms with Gasteiger partial charge in [-0.1, -0.05) is 58.3 Å². The average molecular weight is 387 g/mol. The van der Waals surface area contributed by atoms with E-state index in [9.17, 15) is 0 Å². The van der Waals surface area contributed by atoms with Gasteiger partial charge >= 0.3 is 0 Å². The summed E-state index contributed by atoms with van der Waals surface area (Å²) in [6.45, 7) is 23.6. The van der Waals surface area contributed by atoms with Gasteiger partial charge in [0, 0.05) is 0 Å². The van der Waals surface area contributed by atoms with Crippen LogP contribution in [0.1, 0.15) is 98.8 Å². The molecule has 0 amide bonds. The van der Waals surface area contributed by atoms with E-state index >= 15 is 0 Å². The molecule has 0 heterocycles. The molecule has 0 fully saturated rings. The summed E-state index contributed by atoms with van der Waals surface area (Å²) in [5.41, 5.74) is 0. The standard InChI is InChI=1S/C24H53N3/c1-6-11-12-13-14-15-16-17-18-19-20-27(23-21-25(7-2)8-3)24-22-26(9-4)10-5/h6-24H2,1-5H3/p+3. The number of rotatable bonds is 21. The van der Waals surface area contributed by atoms with Gasteiger partial charge in [-0.25, -0.2) is 0 Å². The summed E-state index contributed by atoms with van der Waals surface area (Å²) < 4.78 is 0. The molecular weight excluding hydrogens is 330 g/mol. The van der Waals surface area contributed by atoms with Crippen molar-refractivity contribution in [1.29, 1.82) is 0 Å². The van der Waals surface area contributed by atoms with Crippen LogP contribution in [0.2, 0.25) is 0 Å². The molecule has 0 spiro atoms. The van der Waals surface area contributed by atoms with Crippen LogP contribution in [0, 0.1) is 0 Å². The minimum Gasteiger partial charge on any atom is -0.331 e. The van der Waals surface area contributed by atoms with E-state index in [1.807, 2.05) is 4.90 Å². The van der Waals surface area contributed by atoms with Crippen LogP contribution in [0.5, 0.6) is 0 Å². The van der Waals surface area contributed by atoms with E-state index in [2.05, 4.69) is 34.6 Å². The molecule has 0 aliphatic rings. The molecule has 0 aliphatic heterocycles. The van der Waals surface area contributed by atoms with E-state index in [-0.39, 0.29) is 0 Å². The van der Waals surface area contributed by atoms with Gasteiger partial charge in [-0.3, -0.25) is 0 Å². The number of quaternary nitrogens is 3. The third-order valence-electron chi connectivity index (χ3n) is 6.55. The molecule has 0 aromatic rings. The molecule has 164 valence electrons. The fourth-order valence-electron chi connectivity index (χ4n) is 4.15. The van der Waals surface area contributed by atoms with Crippen molar-refractivity contribution in [3.63, 3.8) is 0 Å². The van der Waals surface area contributed by atoms with Gasteiger partial charge in [-0.05, 0) is 40.5 Å². The lowest BCUT2D eigenvalue weighted by Gasteiger charge is -2.24. The first-order chi connectivity index (χ1) is 13.2. The molecule has 0 aliphatic carbocycles. The van der Waals surface area contributed by atoms with Crippen LogP contribution in [0.3, 0.4) is 0 Å². The molecule has 0 saturated carbocycles. The van der Waals surface area contributed by atoms with Gasteiger partial charge in [0.25, 0.3) is 0 Å². The second kappa shape index (κ2) is 20.6. The van der Waals surface area contributed by atoms with E-state index in [1.165, 1.54) is 123 Å². The number of unbranched alkanes of at least 4 members (excludes halogenated alkanes) is 9. The number of nitrogens with one attached hydrogen (secondary N) is 3. The van der Waals surface area contributed by atoms with Gasteiger partial charge in [0.15, 0.2) is 0 Å². The van der Waals surface area contributed by atoms with E-state index in [0.29, 0.717) is 0 Å². The molecule has 0 saturated heterocycles. The lowest BCUT2D eigenvalue weighted by molar-refractivity contribution is -0.978. The maximum absolute atomic E-state index is 2.33. The third kappa shape index (κ3) is 16.5. The number of hydrogen-bond acceptors (Lipinski definition) is 0. The summed E-state index contributed by atoms with van der Waals surface area (Å²) in [7, 11) is 0. The lowest BCUT2D eigenvalue weighted by atomic mass is 10.1. The van der Waals surface area contributed by atoms with Crippen LogP contribution < -0.4 is 14.7 Å². The van der Waals surface area contributed by atoms with Crippen molar-refractivity contribution in [2.45, 2.75) is 98.8 Å². The third-order valence-corrected chi connectivity index (χ3v) is 6.55. The molecule has 0 aromatic carbocycles. The normalized spacial score (nSPS) is 12.0. The molecule has 3 heteroatoms. The van der Waals surface area contributed by atoms with Crippen molar-refractivity contribution in [3.05, 3.63) is 0 Å². The topological polar surface area (TPSA) is 13.3 Å². The van der Waals surface area contributed by atoms with E-state index in [4.69, 9.17) is 0 Å². The second-order valence-electron chi connectivity index (χ2n) is 8.60. The maximum Gasteiger partial charge on any atom is 0.127 e. The van der Waals surface area contributed by atoms with Crippen LogP contribution in [0.4, 0.5) is 0 Å². The van der Waals surface area contributed by atoms with Crippen LogP contribution in [0.25, 0.3) is 0 Å². The Balaban J connectivity index is 3.94. The van der Waals surface area contributed by atoms with Gasteiger partial charge < -0.3 is 14.7 Å². The first-order valence-electron chi connectivity index (χ1n) is 12.7. The highest BCUT2D eigenvalue weighted by atomic mass is 15.2. The maximum atomic E-state index is 2.33. The first-order valence-corrected chi connectivity index (χ1v) is 12.7. The van der Waals surface area contributed by atoms with Crippen molar-refractivity contribution in [3.8, 4) is 0 Å². The van der Waals surface area contributed by atoms with E-state index < -0.39 is 0 Å². The summed E-state index contributed by atoms with van der Waals surface area (Å²) in [4.78, 5) is 5.41. The fraction of sp³-hybridized carbons (Fsp3) is 1.00. The summed E-state index contributed by atoms with van der Waals surface area (Å²) in [5, 5.41) is 0. The number of likely N-dealkylation sites (N-methyl/N-ethyl adjacent to an activating group) is 2. The second-order valence-corrected chi connectivity index (χ2v) is 8.60. The quantitative estimate of drug-likeness (QED) is 0.248. The first kappa shape index (κ1) is 26.9. The van der Waals surface area contributed by atoms with Gasteiger partial charge in [0.1, 0.15) is 26.2 Å². The van der Waals surface area contributed by atoms with Crippen molar-refractivity contribution >= 4 is 0 Å². The average Bonchev–Trinajstić information content (AvgIpc) is 2.70. The minimum absolute atomic E-state index is 1.28. The molecule has 3 nitrogen and oxygen atoms in total. The van der Waals surface area contributed by atoms with Crippen LogP contribution in [-0.4, -0.2) is 58.9 Å². The summed E-state index contributed by atoms with van der Waals surface area (Å²) >= 11 is 0. The minimum atomic E-state index is 1.28. The van der Waals surface area contributed by atoms with Gasteiger partial charge in [0.2, 0.25) is 0 Å². The predicted molar refractivity (Wildman–Crippen MR) is 121 cm³/mol. The van der Waals surface area contributed by atoms with Gasteiger partial charge in [-0.2, -0.15) is 0 Å². The Morgan fingerprint density at radius 2 is 0.667 bits per heavy atom. The molecule has 0 aromatic heterocycles. The lowest BCUT2D eigenvalue weighted by Crippen LogP contribution is -3.23. The Kier molecular flexibility index (Phi) is 20.5. The van der Waals surface area contributed by atoms with Gasteiger partial charge in [-0.15, -0.1) is 0 Å². The van der Waals surface area contributed by atoms with Crippen molar-refractivity contribution in [2.75, 3.05) is 58.9 Å². The molecular formula is C24H56N3+3. The van der Waals surface area contributed by atoms with Gasteiger partial charge in [0.05, 0.1) is 32.7 Å². The summed E-state index contributed by atoms with van der Waals surface area (Å²) in [6, 6.07) is 0.